The van der Waals surface area contributed by atoms with Crippen LogP contribution >= 0.6 is 0 Å². The summed E-state index contributed by atoms with van der Waals surface area (Å²) in [7, 11) is 0. The van der Waals surface area contributed by atoms with E-state index in [-0.39, 0.29) is 4.57 Å². The largest absolute Gasteiger partial charge is 0.442 e. The number of aryl methyl sites for hydroxylation is 1. The van der Waals surface area contributed by atoms with Crippen LogP contribution in [0.4, 0.5) is 17.6 Å². The van der Waals surface area contributed by atoms with Crippen LogP contribution in [-0.4, -0.2) is 15.7 Å². The van der Waals surface area contributed by atoms with Crippen LogP contribution in [0.3, 0.4) is 0 Å². The maximum atomic E-state index is 14.1. The second-order valence-corrected chi connectivity index (χ2v) is 5.46. The summed E-state index contributed by atoms with van der Waals surface area (Å²) < 4.78 is 60.6. The first-order chi connectivity index (χ1) is 11.1. The van der Waals surface area contributed by atoms with Crippen LogP contribution in [0, 0.1) is 6.92 Å². The Morgan fingerprint density at radius 2 is 1.62 bits per heavy atom. The quantitative estimate of drug-likeness (QED) is 0.686. The van der Waals surface area contributed by atoms with Crippen molar-refractivity contribution in [2.75, 3.05) is 0 Å². The van der Waals surface area contributed by atoms with E-state index in [2.05, 4.69) is 9.72 Å². The Kier molecular flexibility index (Phi) is 6.16. The normalized spacial score (nSPS) is 12.5. The monoisotopic (exact) mass is 346 g/mol. The van der Waals surface area contributed by atoms with E-state index in [1.165, 1.54) is 13.8 Å². The number of hydrogen-bond acceptors (Lipinski definition) is 2. The van der Waals surface area contributed by atoms with Crippen molar-refractivity contribution in [2.45, 2.75) is 52.4 Å². The van der Waals surface area contributed by atoms with E-state index in [9.17, 15) is 17.6 Å². The summed E-state index contributed by atoms with van der Waals surface area (Å²) in [6.07, 6.45) is -2.33. The Balaban J connectivity index is 0.00000139. The molecule has 7 heteroatoms. The third-order valence-electron chi connectivity index (χ3n) is 3.36. The molecule has 0 atom stereocenters. The van der Waals surface area contributed by atoms with Crippen molar-refractivity contribution in [1.82, 2.24) is 9.55 Å². The first kappa shape index (κ1) is 20.2. The summed E-state index contributed by atoms with van der Waals surface area (Å²) >= 11 is 0. The van der Waals surface area contributed by atoms with Gasteiger partial charge < -0.3 is 4.74 Å². The van der Waals surface area contributed by atoms with Crippen molar-refractivity contribution in [3.63, 3.8) is 0 Å². The second kappa shape index (κ2) is 7.34. The molecule has 0 amide bonds. The van der Waals surface area contributed by atoms with Crippen LogP contribution in [-0.2, 0) is 16.4 Å². The molecule has 2 rings (SSSR count). The molecule has 0 saturated heterocycles. The van der Waals surface area contributed by atoms with Gasteiger partial charge in [-0.1, -0.05) is 38.1 Å². The minimum Gasteiger partial charge on any atom is -0.303 e. The number of nitrogens with zero attached hydrogens (tertiary/aromatic N) is 2. The van der Waals surface area contributed by atoms with E-state index in [0.29, 0.717) is 17.5 Å². The summed E-state index contributed by atoms with van der Waals surface area (Å²) in [5.41, 5.74) is -0.510. The van der Waals surface area contributed by atoms with Gasteiger partial charge in [-0.25, -0.2) is 4.98 Å². The molecule has 134 valence electrons. The van der Waals surface area contributed by atoms with E-state index >= 15 is 0 Å². The molecule has 0 aliphatic rings. The highest BCUT2D eigenvalue weighted by molar-refractivity contribution is 5.30. The van der Waals surface area contributed by atoms with Crippen LogP contribution in [0.2, 0.25) is 0 Å². The van der Waals surface area contributed by atoms with E-state index < -0.39 is 17.8 Å². The Hall–Kier alpha value is -1.89. The summed E-state index contributed by atoms with van der Waals surface area (Å²) in [6, 6.07) is 2.09. The van der Waals surface area contributed by atoms with Crippen LogP contribution in [0.5, 0.6) is 0 Å². The molecule has 0 saturated carbocycles. The summed E-state index contributed by atoms with van der Waals surface area (Å²) in [5.74, 6) is 0. The average Bonchev–Trinajstić information content (AvgIpc) is 3.03. The maximum Gasteiger partial charge on any atom is 0.442 e. The molecule has 0 radical (unpaired) electrons. The highest BCUT2D eigenvalue weighted by Crippen LogP contribution is 2.44. The van der Waals surface area contributed by atoms with Gasteiger partial charge >= 0.3 is 12.2 Å². The van der Waals surface area contributed by atoms with Crippen molar-refractivity contribution in [2.24, 2.45) is 0 Å². The first-order valence-electron chi connectivity index (χ1n) is 7.58. The van der Waals surface area contributed by atoms with Gasteiger partial charge in [0.15, 0.2) is 0 Å². The van der Waals surface area contributed by atoms with Crippen LogP contribution in [0.15, 0.2) is 43.0 Å². The molecule has 0 unspecified atom stereocenters. The molecule has 2 aromatic rings. The average molecular weight is 346 g/mol. The predicted octanol–water partition coefficient (Wildman–Crippen LogP) is 5.31. The molecule has 0 aliphatic heterocycles. The molecule has 0 spiro atoms. The van der Waals surface area contributed by atoms with Crippen molar-refractivity contribution in [1.29, 1.82) is 0 Å². The van der Waals surface area contributed by atoms with E-state index in [1.54, 1.807) is 31.2 Å². The van der Waals surface area contributed by atoms with Gasteiger partial charge in [-0.2, -0.15) is 17.6 Å². The minimum atomic E-state index is -4.71. The number of benzene rings is 1. The van der Waals surface area contributed by atoms with Gasteiger partial charge in [0.05, 0.1) is 11.9 Å². The standard InChI is InChI=1S/C15H16F4N2O.C2H6/c1-11-6-4-5-7-12(11)13(2,3)22-15(18,19)14(16,17)21-9-8-20-10-21;1-2/h4-10H,1-3H3;1-2H3. The predicted molar refractivity (Wildman–Crippen MR) is 84.0 cm³/mol. The SMILES string of the molecule is CC.Cc1ccccc1C(C)(C)OC(F)(F)C(F)(F)n1ccnc1. The number of halogens is 4. The van der Waals surface area contributed by atoms with Gasteiger partial charge in [0.25, 0.3) is 0 Å². The molecule has 3 nitrogen and oxygen atoms in total. The lowest BCUT2D eigenvalue weighted by Crippen LogP contribution is -2.48. The topological polar surface area (TPSA) is 27.1 Å². The molecule has 1 aromatic carbocycles. The van der Waals surface area contributed by atoms with Crippen molar-refractivity contribution >= 4 is 0 Å². The molecule has 0 bridgehead atoms. The van der Waals surface area contributed by atoms with Gasteiger partial charge in [0.2, 0.25) is 0 Å². The Morgan fingerprint density at radius 3 is 2.12 bits per heavy atom. The van der Waals surface area contributed by atoms with E-state index in [4.69, 9.17) is 0 Å². The van der Waals surface area contributed by atoms with E-state index in [0.717, 1.165) is 12.4 Å². The Morgan fingerprint density at radius 1 is 1.04 bits per heavy atom. The molecule has 0 N–H and O–H groups in total. The zero-order valence-corrected chi connectivity index (χ0v) is 14.4. The Bertz CT molecular complexity index is 640. The van der Waals surface area contributed by atoms with Crippen molar-refractivity contribution in [3.8, 4) is 0 Å². The summed E-state index contributed by atoms with van der Waals surface area (Å²) in [6.45, 7) is 8.35. The number of alkyl halides is 4. The zero-order valence-electron chi connectivity index (χ0n) is 14.4. The van der Waals surface area contributed by atoms with E-state index in [1.807, 2.05) is 13.8 Å². The fraction of sp³-hybridized carbons (Fsp3) is 0.471. The van der Waals surface area contributed by atoms with Crippen LogP contribution in [0.1, 0.15) is 38.8 Å². The molecule has 0 aliphatic carbocycles. The Labute approximate surface area is 139 Å². The lowest BCUT2D eigenvalue weighted by Gasteiger charge is -2.35. The lowest BCUT2D eigenvalue weighted by molar-refractivity contribution is -0.408. The summed E-state index contributed by atoms with van der Waals surface area (Å²) in [5, 5.41) is 0. The first-order valence-corrected chi connectivity index (χ1v) is 7.58. The molecular formula is C17H22F4N2O. The molecule has 24 heavy (non-hydrogen) atoms. The molecule has 1 heterocycles. The second-order valence-electron chi connectivity index (χ2n) is 5.46. The van der Waals surface area contributed by atoms with Crippen molar-refractivity contribution < 1.29 is 22.3 Å². The molecule has 1 aromatic heterocycles. The number of hydrogen-bond donors (Lipinski definition) is 0. The number of aromatic nitrogens is 2. The fourth-order valence-electron chi connectivity index (χ4n) is 2.26. The maximum absolute atomic E-state index is 14.1. The third-order valence-corrected chi connectivity index (χ3v) is 3.36. The summed E-state index contributed by atoms with van der Waals surface area (Å²) in [4.78, 5) is 3.36. The van der Waals surface area contributed by atoms with Gasteiger partial charge in [-0.05, 0) is 31.9 Å². The van der Waals surface area contributed by atoms with Gasteiger partial charge in [0.1, 0.15) is 0 Å². The van der Waals surface area contributed by atoms with Crippen molar-refractivity contribution in [3.05, 3.63) is 54.1 Å². The third kappa shape index (κ3) is 3.95. The lowest BCUT2D eigenvalue weighted by atomic mass is 9.93. The minimum absolute atomic E-state index is 0.0287. The molecule has 0 fully saturated rings. The van der Waals surface area contributed by atoms with Gasteiger partial charge in [0, 0.05) is 12.4 Å². The smallest absolute Gasteiger partial charge is 0.303 e. The number of rotatable bonds is 5. The highest BCUT2D eigenvalue weighted by Gasteiger charge is 2.62. The highest BCUT2D eigenvalue weighted by atomic mass is 19.3. The van der Waals surface area contributed by atoms with Gasteiger partial charge in [-0.3, -0.25) is 4.57 Å². The number of ether oxygens (including phenoxy) is 1. The van der Waals surface area contributed by atoms with Crippen LogP contribution < -0.4 is 0 Å². The van der Waals surface area contributed by atoms with Gasteiger partial charge in [-0.15, -0.1) is 0 Å². The molecular weight excluding hydrogens is 324 g/mol. The fourth-order valence-corrected chi connectivity index (χ4v) is 2.26. The zero-order chi connectivity index (χ0) is 18.6. The number of imidazole rings is 1. The van der Waals surface area contributed by atoms with Crippen LogP contribution in [0.25, 0.3) is 0 Å².